The highest BCUT2D eigenvalue weighted by Crippen LogP contribution is 2.35. The number of methoxy groups -OCH3 is 1. The first-order valence-corrected chi connectivity index (χ1v) is 6.16. The number of nitriles is 1. The van der Waals surface area contributed by atoms with Gasteiger partial charge >= 0.3 is 0 Å². The Hall–Kier alpha value is -2.12. The smallest absolute Gasteiger partial charge is 0.132 e. The maximum absolute atomic E-state index is 8.82. The summed E-state index contributed by atoms with van der Waals surface area (Å²) in [6.45, 7) is 0. The molecule has 0 spiro atoms. The lowest BCUT2D eigenvalue weighted by atomic mass is 10.2. The lowest BCUT2D eigenvalue weighted by molar-refractivity contribution is 0.405. The average molecular weight is 256 g/mol. The molecule has 0 radical (unpaired) electrons. The zero-order valence-corrected chi connectivity index (χ0v) is 10.7. The minimum Gasteiger partial charge on any atom is -0.496 e. The van der Waals surface area contributed by atoms with Gasteiger partial charge in [-0.1, -0.05) is 23.9 Å². The summed E-state index contributed by atoms with van der Waals surface area (Å²) in [5.41, 5.74) is 6.79. The molecule has 0 heterocycles. The molecule has 18 heavy (non-hydrogen) atoms. The third-order valence-corrected chi connectivity index (χ3v) is 3.49. The Morgan fingerprint density at radius 1 is 1.22 bits per heavy atom. The molecule has 0 aliphatic heterocycles. The molecule has 0 aromatic heterocycles. The summed E-state index contributed by atoms with van der Waals surface area (Å²) >= 11 is 1.56. The van der Waals surface area contributed by atoms with Crippen LogP contribution in [0, 0.1) is 11.3 Å². The molecule has 2 rings (SSSR count). The van der Waals surface area contributed by atoms with Gasteiger partial charge in [0.15, 0.2) is 0 Å². The molecule has 0 aliphatic carbocycles. The second kappa shape index (κ2) is 5.48. The summed E-state index contributed by atoms with van der Waals surface area (Å²) in [5.74, 6) is 0.824. The van der Waals surface area contributed by atoms with Crippen molar-refractivity contribution in [2.24, 2.45) is 0 Å². The minimum atomic E-state index is 0.498. The number of hydrogen-bond donors (Lipinski definition) is 1. The molecule has 2 N–H and O–H groups in total. The van der Waals surface area contributed by atoms with Gasteiger partial charge in [-0.05, 0) is 30.3 Å². The maximum atomic E-state index is 8.82. The number of nitrogens with two attached hydrogens (primary N) is 1. The third-order valence-electron chi connectivity index (χ3n) is 2.44. The van der Waals surface area contributed by atoms with Crippen LogP contribution in [-0.4, -0.2) is 7.11 Å². The summed E-state index contributed by atoms with van der Waals surface area (Å²) in [4.78, 5) is 2.00. The fourth-order valence-electron chi connectivity index (χ4n) is 1.54. The predicted octanol–water partition coefficient (Wildman–Crippen LogP) is 3.30. The first kappa shape index (κ1) is 12.3. The third kappa shape index (κ3) is 2.58. The van der Waals surface area contributed by atoms with Gasteiger partial charge < -0.3 is 10.5 Å². The van der Waals surface area contributed by atoms with Crippen molar-refractivity contribution in [3.8, 4) is 11.8 Å². The van der Waals surface area contributed by atoms with Gasteiger partial charge in [0.25, 0.3) is 0 Å². The van der Waals surface area contributed by atoms with Gasteiger partial charge in [0.1, 0.15) is 11.8 Å². The van der Waals surface area contributed by atoms with Crippen LogP contribution >= 0.6 is 11.8 Å². The van der Waals surface area contributed by atoms with E-state index in [1.54, 1.807) is 31.0 Å². The summed E-state index contributed by atoms with van der Waals surface area (Å²) in [6, 6.07) is 15.2. The van der Waals surface area contributed by atoms with Crippen molar-refractivity contribution in [1.29, 1.82) is 5.26 Å². The number of nitrogen functional groups attached to an aromatic ring is 1. The van der Waals surface area contributed by atoms with E-state index in [2.05, 4.69) is 0 Å². The molecule has 3 nitrogen and oxygen atoms in total. The van der Waals surface area contributed by atoms with Crippen molar-refractivity contribution in [3.63, 3.8) is 0 Å². The zero-order chi connectivity index (χ0) is 13.0. The molecule has 0 unspecified atom stereocenters. The molecule has 0 amide bonds. The van der Waals surface area contributed by atoms with Crippen molar-refractivity contribution in [2.75, 3.05) is 12.8 Å². The lowest BCUT2D eigenvalue weighted by Gasteiger charge is -2.08. The molecule has 4 heteroatoms. The van der Waals surface area contributed by atoms with Gasteiger partial charge in [-0.25, -0.2) is 0 Å². The Labute approximate surface area is 110 Å². The van der Waals surface area contributed by atoms with E-state index in [-0.39, 0.29) is 0 Å². The molecule has 0 fully saturated rings. The summed E-state index contributed by atoms with van der Waals surface area (Å²) in [5, 5.41) is 8.82. The molecule has 0 atom stereocenters. The van der Waals surface area contributed by atoms with E-state index in [1.165, 1.54) is 0 Å². The van der Waals surface area contributed by atoms with Crippen LogP contribution in [0.3, 0.4) is 0 Å². The van der Waals surface area contributed by atoms with Crippen LogP contribution in [0.25, 0.3) is 0 Å². The van der Waals surface area contributed by atoms with Crippen LogP contribution in [0.4, 0.5) is 5.69 Å². The number of hydrogen-bond acceptors (Lipinski definition) is 4. The van der Waals surface area contributed by atoms with E-state index in [9.17, 15) is 0 Å². The van der Waals surface area contributed by atoms with Crippen LogP contribution in [-0.2, 0) is 0 Å². The summed E-state index contributed by atoms with van der Waals surface area (Å²) in [7, 11) is 1.65. The molecule has 0 aliphatic rings. The second-order valence-corrected chi connectivity index (χ2v) is 4.73. The normalized spacial score (nSPS) is 9.78. The van der Waals surface area contributed by atoms with Crippen LogP contribution in [0.15, 0.2) is 52.3 Å². The minimum absolute atomic E-state index is 0.498. The number of anilines is 1. The van der Waals surface area contributed by atoms with Gasteiger partial charge in [0, 0.05) is 4.90 Å². The first-order valence-electron chi connectivity index (χ1n) is 5.35. The summed E-state index contributed by atoms with van der Waals surface area (Å²) < 4.78 is 5.29. The van der Waals surface area contributed by atoms with Crippen molar-refractivity contribution in [3.05, 3.63) is 48.0 Å². The van der Waals surface area contributed by atoms with Crippen molar-refractivity contribution >= 4 is 17.4 Å². The molecular weight excluding hydrogens is 244 g/mol. The zero-order valence-electron chi connectivity index (χ0n) is 9.88. The number of benzene rings is 2. The van der Waals surface area contributed by atoms with E-state index >= 15 is 0 Å². The first-order chi connectivity index (χ1) is 8.74. The van der Waals surface area contributed by atoms with Crippen molar-refractivity contribution < 1.29 is 4.74 Å². The van der Waals surface area contributed by atoms with Crippen molar-refractivity contribution in [1.82, 2.24) is 0 Å². The molecule has 0 bridgehead atoms. The highest BCUT2D eigenvalue weighted by molar-refractivity contribution is 7.99. The number of para-hydroxylation sites is 1. The average Bonchev–Trinajstić information content (AvgIpc) is 2.39. The van der Waals surface area contributed by atoms with Gasteiger partial charge in [0.05, 0.1) is 23.3 Å². The molecule has 2 aromatic carbocycles. The monoisotopic (exact) mass is 256 g/mol. The standard InChI is InChI=1S/C14H12N2OS/c1-17-13-4-2-3-5-14(13)18-11-7-6-10(9-15)12(16)8-11/h2-8H,16H2,1H3. The quantitative estimate of drug-likeness (QED) is 0.856. The SMILES string of the molecule is COc1ccccc1Sc1ccc(C#N)c(N)c1. The van der Waals surface area contributed by atoms with Crippen LogP contribution in [0.5, 0.6) is 5.75 Å². The maximum Gasteiger partial charge on any atom is 0.132 e. The van der Waals surface area contributed by atoms with E-state index in [0.717, 1.165) is 15.5 Å². The highest BCUT2D eigenvalue weighted by Gasteiger charge is 2.05. The fraction of sp³-hybridized carbons (Fsp3) is 0.0714. The molecule has 0 saturated carbocycles. The summed E-state index contributed by atoms with van der Waals surface area (Å²) in [6.07, 6.45) is 0. The number of nitrogens with zero attached hydrogens (tertiary/aromatic N) is 1. The molecular formula is C14H12N2OS. The second-order valence-electron chi connectivity index (χ2n) is 3.61. The van der Waals surface area contributed by atoms with Gasteiger partial charge in [0.2, 0.25) is 0 Å². The topological polar surface area (TPSA) is 59.0 Å². The van der Waals surface area contributed by atoms with Gasteiger partial charge in [-0.3, -0.25) is 0 Å². The van der Waals surface area contributed by atoms with Crippen LogP contribution in [0.1, 0.15) is 5.56 Å². The number of ether oxygens (including phenoxy) is 1. The van der Waals surface area contributed by atoms with Crippen LogP contribution in [0.2, 0.25) is 0 Å². The highest BCUT2D eigenvalue weighted by atomic mass is 32.2. The Morgan fingerprint density at radius 2 is 2.00 bits per heavy atom. The van der Waals surface area contributed by atoms with Gasteiger partial charge in [-0.15, -0.1) is 0 Å². The van der Waals surface area contributed by atoms with E-state index in [1.807, 2.05) is 36.4 Å². The van der Waals surface area contributed by atoms with E-state index < -0.39 is 0 Å². The van der Waals surface area contributed by atoms with E-state index in [4.69, 9.17) is 15.7 Å². The Kier molecular flexibility index (Phi) is 3.75. The molecule has 0 saturated heterocycles. The number of rotatable bonds is 3. The van der Waals surface area contributed by atoms with Crippen LogP contribution < -0.4 is 10.5 Å². The Balaban J connectivity index is 2.29. The van der Waals surface area contributed by atoms with Gasteiger partial charge in [-0.2, -0.15) is 5.26 Å². The molecule has 90 valence electrons. The van der Waals surface area contributed by atoms with E-state index in [0.29, 0.717) is 11.3 Å². The predicted molar refractivity (Wildman–Crippen MR) is 72.7 cm³/mol. The Morgan fingerprint density at radius 3 is 2.67 bits per heavy atom. The Bertz CT molecular complexity index is 605. The lowest BCUT2D eigenvalue weighted by Crippen LogP contribution is -1.90. The molecule has 2 aromatic rings. The fourth-order valence-corrected chi connectivity index (χ4v) is 2.51. The van der Waals surface area contributed by atoms with Crippen molar-refractivity contribution in [2.45, 2.75) is 9.79 Å². The largest absolute Gasteiger partial charge is 0.496 e.